The fourth-order valence-corrected chi connectivity index (χ4v) is 2.68. The SMILES string of the molecule is CC(O)C(CCO)(CCO)NC1CCCC1. The van der Waals surface area contributed by atoms with Gasteiger partial charge < -0.3 is 20.6 Å². The molecule has 1 aliphatic rings. The first-order valence-electron chi connectivity index (χ1n) is 6.32. The molecule has 4 heteroatoms. The zero-order chi connectivity index (χ0) is 12.0. The minimum Gasteiger partial charge on any atom is -0.396 e. The molecule has 0 radical (unpaired) electrons. The predicted octanol–water partition coefficient (Wildman–Crippen LogP) is 0.403. The molecule has 4 nitrogen and oxygen atoms in total. The third-order valence-electron chi connectivity index (χ3n) is 3.76. The Morgan fingerprint density at radius 3 is 2.06 bits per heavy atom. The van der Waals surface area contributed by atoms with Gasteiger partial charge in [-0.05, 0) is 32.6 Å². The standard InChI is InChI=1S/C12H25NO3/c1-10(16)12(6-8-14,7-9-15)13-11-4-2-3-5-11/h10-11,13-16H,2-9H2,1H3. The van der Waals surface area contributed by atoms with Crippen molar-refractivity contribution in [1.82, 2.24) is 5.32 Å². The van der Waals surface area contributed by atoms with Crippen LogP contribution in [0.1, 0.15) is 45.4 Å². The van der Waals surface area contributed by atoms with E-state index < -0.39 is 11.6 Å². The first kappa shape index (κ1) is 13.9. The predicted molar refractivity (Wildman–Crippen MR) is 63.2 cm³/mol. The van der Waals surface area contributed by atoms with E-state index in [0.717, 1.165) is 12.8 Å². The Bertz CT molecular complexity index is 185. The van der Waals surface area contributed by atoms with Gasteiger partial charge in [-0.15, -0.1) is 0 Å². The fourth-order valence-electron chi connectivity index (χ4n) is 2.68. The van der Waals surface area contributed by atoms with Crippen molar-refractivity contribution >= 4 is 0 Å². The van der Waals surface area contributed by atoms with Gasteiger partial charge in [0.2, 0.25) is 0 Å². The minimum absolute atomic E-state index is 0.0324. The van der Waals surface area contributed by atoms with Gasteiger partial charge in [-0.2, -0.15) is 0 Å². The van der Waals surface area contributed by atoms with Crippen LogP contribution in [0, 0.1) is 0 Å². The highest BCUT2D eigenvalue weighted by Gasteiger charge is 2.36. The Morgan fingerprint density at radius 1 is 1.19 bits per heavy atom. The van der Waals surface area contributed by atoms with E-state index in [1.807, 2.05) is 0 Å². The van der Waals surface area contributed by atoms with E-state index in [1.165, 1.54) is 12.8 Å². The van der Waals surface area contributed by atoms with Crippen LogP contribution in [-0.4, -0.2) is 46.2 Å². The van der Waals surface area contributed by atoms with E-state index in [-0.39, 0.29) is 13.2 Å². The molecule has 96 valence electrons. The number of hydrogen-bond acceptors (Lipinski definition) is 4. The van der Waals surface area contributed by atoms with Crippen molar-refractivity contribution in [3.8, 4) is 0 Å². The quantitative estimate of drug-likeness (QED) is 0.512. The lowest BCUT2D eigenvalue weighted by Gasteiger charge is -2.39. The third-order valence-corrected chi connectivity index (χ3v) is 3.76. The summed E-state index contributed by atoms with van der Waals surface area (Å²) in [6.45, 7) is 1.79. The summed E-state index contributed by atoms with van der Waals surface area (Å²) in [4.78, 5) is 0. The molecule has 0 aromatic heterocycles. The van der Waals surface area contributed by atoms with Crippen molar-refractivity contribution in [3.05, 3.63) is 0 Å². The molecule has 16 heavy (non-hydrogen) atoms. The summed E-state index contributed by atoms with van der Waals surface area (Å²) in [5, 5.41) is 31.6. The van der Waals surface area contributed by atoms with Crippen LogP contribution in [0.15, 0.2) is 0 Å². The second-order valence-corrected chi connectivity index (χ2v) is 4.91. The summed E-state index contributed by atoms with van der Waals surface area (Å²) in [6.07, 6.45) is 5.13. The molecular weight excluding hydrogens is 206 g/mol. The molecule has 0 aliphatic heterocycles. The highest BCUT2D eigenvalue weighted by atomic mass is 16.3. The lowest BCUT2D eigenvalue weighted by atomic mass is 9.85. The average molecular weight is 231 g/mol. The van der Waals surface area contributed by atoms with Crippen LogP contribution >= 0.6 is 0 Å². The Balaban J connectivity index is 2.65. The van der Waals surface area contributed by atoms with Gasteiger partial charge in [0.25, 0.3) is 0 Å². The lowest BCUT2D eigenvalue weighted by molar-refractivity contribution is 0.0286. The van der Waals surface area contributed by atoms with Crippen molar-refractivity contribution in [2.45, 2.75) is 63.1 Å². The minimum atomic E-state index is -0.563. The van der Waals surface area contributed by atoms with Gasteiger partial charge in [-0.25, -0.2) is 0 Å². The normalized spacial score (nSPS) is 20.2. The van der Waals surface area contributed by atoms with E-state index in [9.17, 15) is 5.11 Å². The Labute approximate surface area is 97.7 Å². The van der Waals surface area contributed by atoms with Crippen molar-refractivity contribution < 1.29 is 15.3 Å². The second-order valence-electron chi connectivity index (χ2n) is 4.91. The monoisotopic (exact) mass is 231 g/mol. The summed E-state index contributed by atoms with van der Waals surface area (Å²) in [6, 6.07) is 0.424. The Morgan fingerprint density at radius 2 is 1.69 bits per heavy atom. The molecule has 1 unspecified atom stereocenters. The number of rotatable bonds is 7. The molecule has 0 bridgehead atoms. The highest BCUT2D eigenvalue weighted by molar-refractivity contribution is 4.96. The molecular formula is C12H25NO3. The van der Waals surface area contributed by atoms with Crippen molar-refractivity contribution in [3.63, 3.8) is 0 Å². The zero-order valence-electron chi connectivity index (χ0n) is 10.2. The van der Waals surface area contributed by atoms with Crippen LogP contribution in [0.25, 0.3) is 0 Å². The maximum Gasteiger partial charge on any atom is 0.0695 e. The molecule has 1 fully saturated rings. The smallest absolute Gasteiger partial charge is 0.0695 e. The van der Waals surface area contributed by atoms with Crippen molar-refractivity contribution in [2.24, 2.45) is 0 Å². The largest absolute Gasteiger partial charge is 0.396 e. The molecule has 0 saturated heterocycles. The molecule has 0 amide bonds. The van der Waals surface area contributed by atoms with E-state index >= 15 is 0 Å². The molecule has 1 rings (SSSR count). The summed E-state index contributed by atoms with van der Waals surface area (Å²) in [5.41, 5.74) is -0.529. The van der Waals surface area contributed by atoms with Crippen LogP contribution in [0.4, 0.5) is 0 Å². The van der Waals surface area contributed by atoms with Crippen LogP contribution in [0.3, 0.4) is 0 Å². The van der Waals surface area contributed by atoms with Crippen molar-refractivity contribution in [2.75, 3.05) is 13.2 Å². The first-order valence-corrected chi connectivity index (χ1v) is 6.32. The van der Waals surface area contributed by atoms with Gasteiger partial charge in [0.1, 0.15) is 0 Å². The van der Waals surface area contributed by atoms with Gasteiger partial charge in [-0.3, -0.25) is 0 Å². The maximum absolute atomic E-state index is 9.90. The van der Waals surface area contributed by atoms with Crippen LogP contribution in [0.2, 0.25) is 0 Å². The van der Waals surface area contributed by atoms with Gasteiger partial charge in [-0.1, -0.05) is 12.8 Å². The average Bonchev–Trinajstić information content (AvgIpc) is 2.70. The molecule has 1 aliphatic carbocycles. The third kappa shape index (κ3) is 3.42. The lowest BCUT2D eigenvalue weighted by Crippen LogP contribution is -2.57. The maximum atomic E-state index is 9.90. The second kappa shape index (κ2) is 6.55. The molecule has 0 aromatic rings. The van der Waals surface area contributed by atoms with Crippen LogP contribution < -0.4 is 5.32 Å². The molecule has 4 N–H and O–H groups in total. The first-order chi connectivity index (χ1) is 7.64. The highest BCUT2D eigenvalue weighted by Crippen LogP contribution is 2.26. The van der Waals surface area contributed by atoms with Gasteiger partial charge in [0, 0.05) is 24.8 Å². The number of nitrogens with one attached hydrogen (secondary N) is 1. The van der Waals surface area contributed by atoms with Gasteiger partial charge in [0.05, 0.1) is 6.10 Å². The number of aliphatic hydroxyl groups excluding tert-OH is 3. The number of hydrogen-bond donors (Lipinski definition) is 4. The summed E-state index contributed by atoms with van der Waals surface area (Å²) in [7, 11) is 0. The summed E-state index contributed by atoms with van der Waals surface area (Å²) >= 11 is 0. The van der Waals surface area contributed by atoms with E-state index in [2.05, 4.69) is 5.32 Å². The number of aliphatic hydroxyl groups is 3. The Kier molecular flexibility index (Phi) is 5.69. The van der Waals surface area contributed by atoms with E-state index in [4.69, 9.17) is 10.2 Å². The molecule has 0 spiro atoms. The zero-order valence-corrected chi connectivity index (χ0v) is 10.2. The van der Waals surface area contributed by atoms with Crippen LogP contribution in [-0.2, 0) is 0 Å². The van der Waals surface area contributed by atoms with Gasteiger partial charge >= 0.3 is 0 Å². The Hall–Kier alpha value is -0.160. The topological polar surface area (TPSA) is 72.7 Å². The summed E-state index contributed by atoms with van der Waals surface area (Å²) in [5.74, 6) is 0. The molecule has 0 aromatic carbocycles. The summed E-state index contributed by atoms with van der Waals surface area (Å²) < 4.78 is 0. The fraction of sp³-hybridized carbons (Fsp3) is 1.00. The van der Waals surface area contributed by atoms with E-state index in [1.54, 1.807) is 6.92 Å². The van der Waals surface area contributed by atoms with E-state index in [0.29, 0.717) is 18.9 Å². The van der Waals surface area contributed by atoms with Gasteiger partial charge in [0.15, 0.2) is 0 Å². The van der Waals surface area contributed by atoms with Crippen molar-refractivity contribution in [1.29, 1.82) is 0 Å². The molecule has 0 heterocycles. The molecule has 1 atom stereocenters. The molecule has 1 saturated carbocycles. The van der Waals surface area contributed by atoms with Crippen LogP contribution in [0.5, 0.6) is 0 Å².